The Kier molecular flexibility index (Phi) is 2.88. The van der Waals surface area contributed by atoms with Crippen LogP contribution >= 0.6 is 0 Å². The fourth-order valence-corrected chi connectivity index (χ4v) is 1.76. The van der Waals surface area contributed by atoms with Crippen LogP contribution in [0.2, 0.25) is 0 Å². The fraction of sp³-hybridized carbons (Fsp3) is 0.182. The van der Waals surface area contributed by atoms with Crippen LogP contribution in [0.15, 0.2) is 18.2 Å². The van der Waals surface area contributed by atoms with Crippen LogP contribution in [0.4, 0.5) is 11.4 Å². The van der Waals surface area contributed by atoms with E-state index in [0.29, 0.717) is 5.69 Å². The summed E-state index contributed by atoms with van der Waals surface area (Å²) in [5, 5.41) is 11.0. The molecule has 0 unspecified atom stereocenters. The first kappa shape index (κ1) is 11.9. The van der Waals surface area contributed by atoms with Crippen molar-refractivity contribution in [2.24, 2.45) is 0 Å². The zero-order valence-electron chi connectivity index (χ0n) is 9.34. The maximum Gasteiger partial charge on any atom is 0.337 e. The van der Waals surface area contributed by atoms with E-state index in [4.69, 9.17) is 10.8 Å². The molecular weight excluding hydrogens is 238 g/mol. The number of imide groups is 1. The first-order valence-corrected chi connectivity index (χ1v) is 5.18. The minimum absolute atomic E-state index is 0.00784. The topological polar surface area (TPSA) is 113 Å². The number of hydrogen-bond acceptors (Lipinski definition) is 5. The summed E-state index contributed by atoms with van der Waals surface area (Å²) in [6, 6.07) is 4.31. The Balaban J connectivity index is 2.29. The molecule has 1 fully saturated rings. The predicted molar refractivity (Wildman–Crippen MR) is 63.2 cm³/mol. The number of nitrogens with zero attached hydrogens (tertiary/aromatic N) is 1. The van der Waals surface area contributed by atoms with Crippen molar-refractivity contribution in [1.82, 2.24) is 5.32 Å². The Hall–Kier alpha value is -2.57. The molecule has 0 aromatic heterocycles. The molecule has 0 radical (unpaired) electrons. The van der Waals surface area contributed by atoms with Crippen LogP contribution in [-0.2, 0) is 9.59 Å². The van der Waals surface area contributed by atoms with E-state index in [1.54, 1.807) is 0 Å². The largest absolute Gasteiger partial charge is 0.478 e. The molecule has 18 heavy (non-hydrogen) atoms. The van der Waals surface area contributed by atoms with Crippen molar-refractivity contribution in [3.63, 3.8) is 0 Å². The Morgan fingerprint density at radius 2 is 1.89 bits per heavy atom. The number of carboxylic acid groups (broad SMARTS) is 1. The molecule has 0 aliphatic carbocycles. The average molecular weight is 249 g/mol. The van der Waals surface area contributed by atoms with E-state index >= 15 is 0 Å². The SMILES string of the molecule is Nc1cc(N2CC(=O)NC(=O)C2)ccc1C(=O)O. The summed E-state index contributed by atoms with van der Waals surface area (Å²) in [6.45, 7) is 0.0786. The summed E-state index contributed by atoms with van der Waals surface area (Å²) >= 11 is 0. The highest BCUT2D eigenvalue weighted by molar-refractivity contribution is 6.03. The van der Waals surface area contributed by atoms with Gasteiger partial charge in [0.15, 0.2) is 0 Å². The van der Waals surface area contributed by atoms with Gasteiger partial charge in [0.05, 0.1) is 18.7 Å². The molecule has 2 amide bonds. The first-order chi connectivity index (χ1) is 8.47. The Bertz CT molecular complexity index is 525. The second kappa shape index (κ2) is 4.36. The van der Waals surface area contributed by atoms with E-state index in [-0.39, 0.29) is 24.3 Å². The van der Waals surface area contributed by atoms with Gasteiger partial charge in [0, 0.05) is 11.4 Å². The van der Waals surface area contributed by atoms with Gasteiger partial charge in [0.2, 0.25) is 11.8 Å². The van der Waals surface area contributed by atoms with Crippen LogP contribution < -0.4 is 16.0 Å². The van der Waals surface area contributed by atoms with Crippen LogP contribution in [0.5, 0.6) is 0 Å². The summed E-state index contributed by atoms with van der Waals surface area (Å²) in [7, 11) is 0. The lowest BCUT2D eigenvalue weighted by molar-refractivity contribution is -0.130. The summed E-state index contributed by atoms with van der Waals surface area (Å²) in [6.07, 6.45) is 0. The molecule has 1 aliphatic rings. The van der Waals surface area contributed by atoms with Crippen LogP contribution in [0.3, 0.4) is 0 Å². The lowest BCUT2D eigenvalue weighted by atomic mass is 10.1. The number of nitrogens with one attached hydrogen (secondary N) is 1. The van der Waals surface area contributed by atoms with E-state index in [1.165, 1.54) is 23.1 Å². The number of hydrogen-bond donors (Lipinski definition) is 3. The number of amides is 2. The van der Waals surface area contributed by atoms with Crippen molar-refractivity contribution in [2.45, 2.75) is 0 Å². The molecule has 1 saturated heterocycles. The average Bonchev–Trinajstić information content (AvgIpc) is 2.26. The van der Waals surface area contributed by atoms with Gasteiger partial charge in [-0.1, -0.05) is 0 Å². The number of nitrogen functional groups attached to an aromatic ring is 1. The van der Waals surface area contributed by atoms with E-state index in [2.05, 4.69) is 5.32 Å². The molecule has 1 aromatic rings. The monoisotopic (exact) mass is 249 g/mol. The maximum absolute atomic E-state index is 11.2. The zero-order chi connectivity index (χ0) is 13.3. The van der Waals surface area contributed by atoms with Gasteiger partial charge in [-0.3, -0.25) is 14.9 Å². The number of rotatable bonds is 2. The third-order valence-corrected chi connectivity index (χ3v) is 2.58. The fourth-order valence-electron chi connectivity index (χ4n) is 1.76. The number of nitrogens with two attached hydrogens (primary N) is 1. The second-order valence-corrected chi connectivity index (χ2v) is 3.90. The molecule has 94 valence electrons. The van der Waals surface area contributed by atoms with Crippen LogP contribution in [-0.4, -0.2) is 36.0 Å². The van der Waals surface area contributed by atoms with E-state index in [0.717, 1.165) is 0 Å². The lowest BCUT2D eigenvalue weighted by Crippen LogP contribution is -2.51. The zero-order valence-corrected chi connectivity index (χ0v) is 9.34. The molecule has 7 nitrogen and oxygen atoms in total. The van der Waals surface area contributed by atoms with Gasteiger partial charge in [0.1, 0.15) is 0 Å². The number of aromatic carboxylic acids is 1. The Labute approximate surface area is 102 Å². The van der Waals surface area contributed by atoms with Crippen LogP contribution in [0.25, 0.3) is 0 Å². The van der Waals surface area contributed by atoms with Crippen molar-refractivity contribution in [2.75, 3.05) is 23.7 Å². The number of carboxylic acids is 1. The maximum atomic E-state index is 11.2. The molecule has 0 saturated carbocycles. The van der Waals surface area contributed by atoms with Gasteiger partial charge in [-0.2, -0.15) is 0 Å². The number of benzene rings is 1. The predicted octanol–water partition coefficient (Wildman–Crippen LogP) is -0.570. The van der Waals surface area contributed by atoms with Crippen molar-refractivity contribution in [3.05, 3.63) is 23.8 Å². The van der Waals surface area contributed by atoms with Crippen molar-refractivity contribution in [3.8, 4) is 0 Å². The minimum Gasteiger partial charge on any atom is -0.478 e. The van der Waals surface area contributed by atoms with Gasteiger partial charge in [0.25, 0.3) is 0 Å². The highest BCUT2D eigenvalue weighted by Gasteiger charge is 2.23. The molecule has 7 heteroatoms. The normalized spacial score (nSPS) is 15.4. The highest BCUT2D eigenvalue weighted by Crippen LogP contribution is 2.22. The number of carbonyl (C=O) groups excluding carboxylic acids is 2. The quantitative estimate of drug-likeness (QED) is 0.478. The molecule has 0 bridgehead atoms. The van der Waals surface area contributed by atoms with Crippen LogP contribution in [0, 0.1) is 0 Å². The molecule has 0 atom stereocenters. The highest BCUT2D eigenvalue weighted by atomic mass is 16.4. The Morgan fingerprint density at radius 3 is 2.39 bits per heavy atom. The standard InChI is InChI=1S/C11H11N3O4/c12-8-3-6(1-2-7(8)11(17)18)14-4-9(15)13-10(16)5-14/h1-3H,4-5,12H2,(H,17,18)(H,13,15,16). The summed E-state index contributed by atoms with van der Waals surface area (Å²) in [5.41, 5.74) is 6.24. The molecule has 1 heterocycles. The van der Waals surface area contributed by atoms with Gasteiger partial charge in [-0.15, -0.1) is 0 Å². The smallest absolute Gasteiger partial charge is 0.337 e. The van der Waals surface area contributed by atoms with E-state index in [1.807, 2.05) is 0 Å². The van der Waals surface area contributed by atoms with E-state index in [9.17, 15) is 14.4 Å². The van der Waals surface area contributed by atoms with Gasteiger partial charge >= 0.3 is 5.97 Å². The molecule has 4 N–H and O–H groups in total. The van der Waals surface area contributed by atoms with E-state index < -0.39 is 17.8 Å². The lowest BCUT2D eigenvalue weighted by Gasteiger charge is -2.27. The Morgan fingerprint density at radius 1 is 1.28 bits per heavy atom. The third kappa shape index (κ3) is 2.24. The van der Waals surface area contributed by atoms with Crippen LogP contribution in [0.1, 0.15) is 10.4 Å². The minimum atomic E-state index is -1.12. The van der Waals surface area contributed by atoms with Crippen molar-refractivity contribution < 1.29 is 19.5 Å². The van der Waals surface area contributed by atoms with Gasteiger partial charge in [-0.05, 0) is 18.2 Å². The number of piperazine rings is 1. The summed E-state index contributed by atoms with van der Waals surface area (Å²) < 4.78 is 0. The molecular formula is C11H11N3O4. The molecule has 1 aromatic carbocycles. The second-order valence-electron chi connectivity index (χ2n) is 3.90. The first-order valence-electron chi connectivity index (χ1n) is 5.18. The van der Waals surface area contributed by atoms with Crippen molar-refractivity contribution >= 4 is 29.2 Å². The van der Waals surface area contributed by atoms with Gasteiger partial charge < -0.3 is 15.7 Å². The number of anilines is 2. The summed E-state index contributed by atoms with van der Waals surface area (Å²) in [5.74, 6) is -1.91. The van der Waals surface area contributed by atoms with Gasteiger partial charge in [-0.25, -0.2) is 4.79 Å². The number of carbonyl (C=O) groups is 3. The molecule has 1 aliphatic heterocycles. The molecule has 2 rings (SSSR count). The molecule has 0 spiro atoms. The van der Waals surface area contributed by atoms with Crippen molar-refractivity contribution in [1.29, 1.82) is 0 Å². The third-order valence-electron chi connectivity index (χ3n) is 2.58. The summed E-state index contributed by atoms with van der Waals surface area (Å²) in [4.78, 5) is 34.8.